The van der Waals surface area contributed by atoms with Crippen molar-refractivity contribution in [2.45, 2.75) is 289 Å². The van der Waals surface area contributed by atoms with Crippen molar-refractivity contribution >= 4 is 13.7 Å². The van der Waals surface area contributed by atoms with E-state index < -0.39 is 26.6 Å². The third-order valence-electron chi connectivity index (χ3n) is 13.1. The molecule has 0 rings (SSSR count). The van der Waals surface area contributed by atoms with Gasteiger partial charge < -0.3 is 28.8 Å². The van der Waals surface area contributed by atoms with Crippen molar-refractivity contribution in [3.05, 3.63) is 36.5 Å². The molecule has 0 fully saturated rings. The van der Waals surface area contributed by atoms with E-state index in [9.17, 15) is 19.4 Å². The normalized spacial score (nSPS) is 14.2. The smallest absolute Gasteiger partial charge is 0.268 e. The number of quaternary nitrogens is 1. The van der Waals surface area contributed by atoms with Crippen LogP contribution in [-0.2, 0) is 18.4 Å². The molecule has 0 aliphatic heterocycles. The van der Waals surface area contributed by atoms with Crippen molar-refractivity contribution in [1.82, 2.24) is 5.32 Å². The maximum absolute atomic E-state index is 12.9. The summed E-state index contributed by atoms with van der Waals surface area (Å²) >= 11 is 0. The Morgan fingerprint density at radius 3 is 1.21 bits per heavy atom. The molecule has 9 heteroatoms. The first-order valence-corrected chi connectivity index (χ1v) is 30.3. The van der Waals surface area contributed by atoms with Gasteiger partial charge in [-0.2, -0.15) is 0 Å². The van der Waals surface area contributed by atoms with E-state index in [2.05, 4.69) is 43.5 Å². The Hall–Kier alpha value is -1.28. The van der Waals surface area contributed by atoms with Crippen LogP contribution >= 0.6 is 7.82 Å². The summed E-state index contributed by atoms with van der Waals surface area (Å²) in [6.07, 6.45) is 63.7. The lowest BCUT2D eigenvalue weighted by atomic mass is 10.0. The molecular weight excluding hydrogens is 852 g/mol. The number of hydrogen-bond acceptors (Lipinski definition) is 6. The Morgan fingerprint density at radius 2 is 0.836 bits per heavy atom. The number of carbonyl (C=O) groups excluding carboxylic acids is 1. The van der Waals surface area contributed by atoms with Gasteiger partial charge in [-0.1, -0.05) is 262 Å². The second-order valence-corrected chi connectivity index (χ2v) is 22.4. The fourth-order valence-corrected chi connectivity index (χ4v) is 9.26. The SMILES string of the molecule is CCCCCCCCCCCCCCCCCC/C=C/CC/C=C/CC/C=C/C(O)C(COP(=O)([O-])OCC[N+](C)(C)C)NC(=O)CCCCCCCCCCCCCCCCCCCCC. The molecule has 0 spiro atoms. The second kappa shape index (κ2) is 49.7. The van der Waals surface area contributed by atoms with Gasteiger partial charge in [0.1, 0.15) is 13.2 Å². The van der Waals surface area contributed by atoms with Gasteiger partial charge in [-0.25, -0.2) is 0 Å². The number of amides is 1. The standard InChI is InChI=1S/C58H113N2O6P/c1-6-8-10-12-14-16-18-20-22-24-26-27-28-29-30-31-32-34-35-37-39-41-43-45-47-49-51-57(61)56(55-66-67(63,64)65-54-53-60(3,4)5)59-58(62)52-50-48-46-44-42-40-38-36-33-25-23-21-19-17-15-13-11-9-7-2/h34-35,41,43,49,51,56-57,61H,6-33,36-40,42,44-48,50,52-55H2,1-5H3,(H-,59,62,63,64)/b35-34+,43-41+,51-49+. The number of likely N-dealkylation sites (N-methyl/N-ethyl adjacent to an activating group) is 1. The first-order valence-electron chi connectivity index (χ1n) is 28.9. The minimum absolute atomic E-state index is 0.00739. The number of unbranched alkanes of at least 4 members (excludes halogenated alkanes) is 36. The van der Waals surface area contributed by atoms with Crippen molar-refractivity contribution in [3.63, 3.8) is 0 Å². The number of allylic oxidation sites excluding steroid dienone is 5. The summed E-state index contributed by atoms with van der Waals surface area (Å²) in [5.41, 5.74) is 0. The molecule has 0 saturated heterocycles. The average molecular weight is 966 g/mol. The second-order valence-electron chi connectivity index (χ2n) is 21.0. The lowest BCUT2D eigenvalue weighted by Gasteiger charge is -2.29. The molecule has 3 unspecified atom stereocenters. The molecule has 0 aliphatic rings. The molecule has 0 bridgehead atoms. The summed E-state index contributed by atoms with van der Waals surface area (Å²) in [5, 5.41) is 13.9. The lowest BCUT2D eigenvalue weighted by Crippen LogP contribution is -2.45. The topological polar surface area (TPSA) is 108 Å². The van der Waals surface area contributed by atoms with Crippen LogP contribution in [0.5, 0.6) is 0 Å². The van der Waals surface area contributed by atoms with Crippen LogP contribution in [0, 0.1) is 0 Å². The molecule has 0 heterocycles. The quantitative estimate of drug-likeness (QED) is 0.0272. The average Bonchev–Trinajstić information content (AvgIpc) is 3.29. The maximum Gasteiger partial charge on any atom is 0.268 e. The van der Waals surface area contributed by atoms with Gasteiger partial charge in [0.15, 0.2) is 0 Å². The van der Waals surface area contributed by atoms with Crippen LogP contribution in [0.2, 0.25) is 0 Å². The summed E-state index contributed by atoms with van der Waals surface area (Å²) in [7, 11) is 1.25. The Bertz CT molecular complexity index is 1190. The van der Waals surface area contributed by atoms with E-state index >= 15 is 0 Å². The molecule has 3 atom stereocenters. The zero-order chi connectivity index (χ0) is 49.2. The summed E-state index contributed by atoms with van der Waals surface area (Å²) in [4.78, 5) is 25.5. The van der Waals surface area contributed by atoms with Gasteiger partial charge in [-0.3, -0.25) is 9.36 Å². The summed E-state index contributed by atoms with van der Waals surface area (Å²) in [6, 6.07) is -0.908. The minimum Gasteiger partial charge on any atom is -0.756 e. The monoisotopic (exact) mass is 965 g/mol. The molecule has 67 heavy (non-hydrogen) atoms. The Balaban J connectivity index is 4.27. The highest BCUT2D eigenvalue weighted by Crippen LogP contribution is 2.38. The first kappa shape index (κ1) is 65.7. The molecule has 396 valence electrons. The van der Waals surface area contributed by atoms with E-state index in [1.54, 1.807) is 6.08 Å². The van der Waals surface area contributed by atoms with Crippen molar-refractivity contribution in [2.24, 2.45) is 0 Å². The van der Waals surface area contributed by atoms with Gasteiger partial charge in [-0.05, 0) is 44.9 Å². The fraction of sp³-hybridized carbons (Fsp3) is 0.879. The van der Waals surface area contributed by atoms with Crippen LogP contribution in [0.3, 0.4) is 0 Å². The molecule has 0 radical (unpaired) electrons. The van der Waals surface area contributed by atoms with Crippen molar-refractivity contribution < 1.29 is 32.9 Å². The van der Waals surface area contributed by atoms with Crippen LogP contribution in [0.15, 0.2) is 36.5 Å². The van der Waals surface area contributed by atoms with Crippen LogP contribution in [0.1, 0.15) is 277 Å². The van der Waals surface area contributed by atoms with Gasteiger partial charge in [0.05, 0.1) is 39.9 Å². The van der Waals surface area contributed by atoms with E-state index in [-0.39, 0.29) is 12.5 Å². The van der Waals surface area contributed by atoms with Crippen LogP contribution in [-0.4, -0.2) is 68.5 Å². The Morgan fingerprint density at radius 1 is 0.507 bits per heavy atom. The van der Waals surface area contributed by atoms with Gasteiger partial charge in [-0.15, -0.1) is 0 Å². The van der Waals surface area contributed by atoms with E-state index in [0.717, 1.165) is 44.9 Å². The lowest BCUT2D eigenvalue weighted by molar-refractivity contribution is -0.870. The molecule has 1 amide bonds. The number of aliphatic hydroxyl groups excluding tert-OH is 1. The van der Waals surface area contributed by atoms with Gasteiger partial charge >= 0.3 is 0 Å². The molecule has 2 N–H and O–H groups in total. The molecule has 8 nitrogen and oxygen atoms in total. The van der Waals surface area contributed by atoms with E-state index in [4.69, 9.17) is 9.05 Å². The van der Waals surface area contributed by atoms with E-state index in [1.165, 1.54) is 212 Å². The molecule has 0 aromatic heterocycles. The highest BCUT2D eigenvalue weighted by atomic mass is 31.2. The van der Waals surface area contributed by atoms with E-state index in [1.807, 2.05) is 27.2 Å². The zero-order valence-corrected chi connectivity index (χ0v) is 46.0. The largest absolute Gasteiger partial charge is 0.756 e. The number of hydrogen-bond donors (Lipinski definition) is 2. The van der Waals surface area contributed by atoms with E-state index in [0.29, 0.717) is 17.4 Å². The number of aliphatic hydroxyl groups is 1. The fourth-order valence-electron chi connectivity index (χ4n) is 8.54. The number of rotatable bonds is 53. The summed E-state index contributed by atoms with van der Waals surface area (Å²) in [5.74, 6) is -0.207. The minimum atomic E-state index is -4.61. The van der Waals surface area contributed by atoms with Crippen LogP contribution in [0.4, 0.5) is 0 Å². The molecule has 0 saturated carbocycles. The third-order valence-corrected chi connectivity index (χ3v) is 14.0. The summed E-state index contributed by atoms with van der Waals surface area (Å²) < 4.78 is 23.3. The van der Waals surface area contributed by atoms with Crippen molar-refractivity contribution in [3.8, 4) is 0 Å². The van der Waals surface area contributed by atoms with Gasteiger partial charge in [0.25, 0.3) is 7.82 Å². The Labute approximate surface area is 417 Å². The zero-order valence-electron chi connectivity index (χ0n) is 45.1. The van der Waals surface area contributed by atoms with Crippen molar-refractivity contribution in [2.75, 3.05) is 40.9 Å². The molecule has 0 aromatic carbocycles. The predicted molar refractivity (Wildman–Crippen MR) is 288 cm³/mol. The Kier molecular flexibility index (Phi) is 48.7. The number of phosphoric ester groups is 1. The predicted octanol–water partition coefficient (Wildman–Crippen LogP) is 16.7. The molecule has 0 aromatic rings. The molecule has 0 aliphatic carbocycles. The summed E-state index contributed by atoms with van der Waals surface area (Å²) in [6.45, 7) is 4.66. The number of nitrogens with one attached hydrogen (secondary N) is 1. The number of phosphoric acid groups is 1. The van der Waals surface area contributed by atoms with Gasteiger partial charge in [0, 0.05) is 6.42 Å². The third kappa shape index (κ3) is 52.4. The van der Waals surface area contributed by atoms with Crippen molar-refractivity contribution in [1.29, 1.82) is 0 Å². The van der Waals surface area contributed by atoms with Crippen LogP contribution < -0.4 is 10.2 Å². The maximum atomic E-state index is 12.9. The van der Waals surface area contributed by atoms with Crippen LogP contribution in [0.25, 0.3) is 0 Å². The highest BCUT2D eigenvalue weighted by Gasteiger charge is 2.23. The number of nitrogens with zero attached hydrogens (tertiary/aromatic N) is 1. The number of carbonyl (C=O) groups is 1. The van der Waals surface area contributed by atoms with Gasteiger partial charge in [0.2, 0.25) is 5.91 Å². The first-order chi connectivity index (χ1) is 32.5. The molecular formula is C58H113N2O6P. The highest BCUT2D eigenvalue weighted by molar-refractivity contribution is 7.45.